The van der Waals surface area contributed by atoms with Crippen molar-refractivity contribution in [1.29, 1.82) is 0 Å². The first kappa shape index (κ1) is 40.0. The molecule has 13 heteroatoms. The van der Waals surface area contributed by atoms with Crippen LogP contribution in [0.15, 0.2) is 101 Å². The first-order valence-corrected chi connectivity index (χ1v) is 20.8. The molecule has 3 aromatic carbocycles. The lowest BCUT2D eigenvalue weighted by Crippen LogP contribution is -2.57. The second-order valence-corrected chi connectivity index (χ2v) is 17.0. The maximum atomic E-state index is 14.5. The molecule has 0 bridgehead atoms. The van der Waals surface area contributed by atoms with Crippen LogP contribution in [0.5, 0.6) is 0 Å². The normalized spacial score (nSPS) is 17.4. The van der Waals surface area contributed by atoms with Crippen LogP contribution in [0.25, 0.3) is 10.9 Å². The molecule has 0 unspecified atom stereocenters. The van der Waals surface area contributed by atoms with E-state index in [2.05, 4.69) is 15.5 Å². The van der Waals surface area contributed by atoms with E-state index in [-0.39, 0.29) is 54.7 Å². The Kier molecular flexibility index (Phi) is 13.3. The van der Waals surface area contributed by atoms with Gasteiger partial charge in [0.25, 0.3) is 0 Å². The smallest absolute Gasteiger partial charge is 0.321 e. The highest BCUT2D eigenvalue weighted by Crippen LogP contribution is 2.29. The Morgan fingerprint density at radius 1 is 0.982 bits per heavy atom. The lowest BCUT2D eigenvalue weighted by atomic mass is 9.95. The Balaban J connectivity index is 1.23. The SMILES string of the molecule is CC[C@H](C)[C@@H](C(=O)N[C@@H](Cc1ccccc1)[C@H](O)CN(CC1CCCC1)S(=O)(=O)c1ccc(CN=O)cc1)N1CCN(Cc2ccc3cccnc3c2)C1=O. The number of aromatic nitrogens is 1. The number of rotatable bonds is 18. The predicted octanol–water partition coefficient (Wildman–Crippen LogP) is 6.12. The average molecular weight is 769 g/mol. The van der Waals surface area contributed by atoms with Crippen LogP contribution >= 0.6 is 0 Å². The lowest BCUT2D eigenvalue weighted by Gasteiger charge is -2.35. The molecule has 6 rings (SSSR count). The molecule has 12 nitrogen and oxygen atoms in total. The van der Waals surface area contributed by atoms with Crippen LogP contribution in [0.1, 0.15) is 62.6 Å². The maximum Gasteiger partial charge on any atom is 0.321 e. The van der Waals surface area contributed by atoms with Gasteiger partial charge in [-0.3, -0.25) is 9.78 Å². The van der Waals surface area contributed by atoms with Crippen molar-refractivity contribution in [2.24, 2.45) is 17.0 Å². The Morgan fingerprint density at radius 3 is 2.42 bits per heavy atom. The molecule has 1 aromatic heterocycles. The summed E-state index contributed by atoms with van der Waals surface area (Å²) in [5.41, 5.74) is 3.26. The van der Waals surface area contributed by atoms with Crippen LogP contribution in [0, 0.1) is 16.7 Å². The number of carbonyl (C=O) groups excluding carboxylic acids is 2. The van der Waals surface area contributed by atoms with E-state index < -0.39 is 28.2 Å². The van der Waals surface area contributed by atoms with Gasteiger partial charge in [0.05, 0.1) is 22.6 Å². The Bertz CT molecular complexity index is 2030. The van der Waals surface area contributed by atoms with Gasteiger partial charge in [-0.05, 0) is 72.1 Å². The van der Waals surface area contributed by atoms with E-state index in [1.165, 1.54) is 16.4 Å². The van der Waals surface area contributed by atoms with Crippen LogP contribution in [0.4, 0.5) is 4.79 Å². The molecule has 1 saturated carbocycles. The minimum atomic E-state index is -4.06. The van der Waals surface area contributed by atoms with Gasteiger partial charge in [0, 0.05) is 44.3 Å². The lowest BCUT2D eigenvalue weighted by molar-refractivity contribution is -0.128. The van der Waals surface area contributed by atoms with Crippen molar-refractivity contribution < 1.29 is 23.1 Å². The first-order chi connectivity index (χ1) is 26.6. The second-order valence-electron chi connectivity index (χ2n) is 15.0. The van der Waals surface area contributed by atoms with E-state index in [0.29, 0.717) is 31.6 Å². The number of nitroso groups, excluding NO2 is 1. The molecule has 55 heavy (non-hydrogen) atoms. The minimum Gasteiger partial charge on any atom is -0.390 e. The standard InChI is InChI=1S/C42H52N6O6S/c1-3-30(2)40(48-23-22-46(42(48)51)27-34-15-18-35-14-9-21-43-37(35)25-34)41(50)45-38(24-31-10-5-4-6-11-31)39(49)29-47(28-33-12-7-8-13-33)55(53,54)36-19-16-32(17-20-36)26-44-52/h4-6,9-11,14-21,25,30,33,38-40,49H,3,7-8,12-13,22-24,26-29H2,1-2H3,(H,45,50)/t30-,38-,39+,40-/m0/s1. The summed E-state index contributed by atoms with van der Waals surface area (Å²) in [6.45, 7) is 5.08. The van der Waals surface area contributed by atoms with Gasteiger partial charge in [0.2, 0.25) is 15.9 Å². The minimum absolute atomic E-state index is 0.0601. The number of nitrogens with one attached hydrogen (secondary N) is 1. The zero-order chi connectivity index (χ0) is 39.0. The highest BCUT2D eigenvalue weighted by atomic mass is 32.2. The summed E-state index contributed by atoms with van der Waals surface area (Å²) in [5, 5.41) is 19.0. The van der Waals surface area contributed by atoms with Crippen LogP contribution < -0.4 is 5.32 Å². The number of nitrogens with zero attached hydrogens (tertiary/aromatic N) is 5. The fourth-order valence-corrected chi connectivity index (χ4v) is 9.40. The number of urea groups is 1. The van der Waals surface area contributed by atoms with Crippen molar-refractivity contribution in [1.82, 2.24) is 24.4 Å². The van der Waals surface area contributed by atoms with E-state index in [4.69, 9.17) is 0 Å². The largest absolute Gasteiger partial charge is 0.390 e. The highest BCUT2D eigenvalue weighted by Gasteiger charge is 2.41. The molecule has 4 atom stereocenters. The Morgan fingerprint density at radius 2 is 1.71 bits per heavy atom. The summed E-state index contributed by atoms with van der Waals surface area (Å²) in [4.78, 5) is 47.1. The molecule has 2 fully saturated rings. The molecule has 0 spiro atoms. The molecule has 4 aromatic rings. The van der Waals surface area contributed by atoms with Crippen molar-refractivity contribution in [2.75, 3.05) is 26.2 Å². The molecular formula is C42H52N6O6S. The molecule has 2 heterocycles. The summed E-state index contributed by atoms with van der Waals surface area (Å²) in [6, 6.07) is 23.5. The van der Waals surface area contributed by atoms with Crippen LogP contribution in [-0.2, 0) is 34.3 Å². The van der Waals surface area contributed by atoms with Gasteiger partial charge >= 0.3 is 6.03 Å². The molecular weight excluding hydrogens is 717 g/mol. The summed E-state index contributed by atoms with van der Waals surface area (Å²) < 4.78 is 29.7. The van der Waals surface area contributed by atoms with E-state index in [0.717, 1.165) is 47.7 Å². The van der Waals surface area contributed by atoms with Crippen LogP contribution in [0.2, 0.25) is 0 Å². The number of hydrogen-bond acceptors (Lipinski definition) is 8. The maximum absolute atomic E-state index is 14.5. The molecule has 1 aliphatic heterocycles. The van der Waals surface area contributed by atoms with Gasteiger partial charge in [-0.15, -0.1) is 0 Å². The van der Waals surface area contributed by atoms with E-state index in [1.807, 2.05) is 74.5 Å². The van der Waals surface area contributed by atoms with Crippen molar-refractivity contribution in [2.45, 2.75) is 88.5 Å². The molecule has 1 aliphatic carbocycles. The van der Waals surface area contributed by atoms with Crippen molar-refractivity contribution in [3.63, 3.8) is 0 Å². The first-order valence-electron chi connectivity index (χ1n) is 19.4. The molecule has 0 radical (unpaired) electrons. The number of sulfonamides is 1. The molecule has 2 aliphatic rings. The zero-order valence-corrected chi connectivity index (χ0v) is 32.5. The summed E-state index contributed by atoms with van der Waals surface area (Å²) in [6.07, 6.45) is 5.18. The highest BCUT2D eigenvalue weighted by molar-refractivity contribution is 7.89. The number of amides is 3. The van der Waals surface area contributed by atoms with Crippen LogP contribution in [-0.4, -0.2) is 88.9 Å². The van der Waals surface area contributed by atoms with Gasteiger partial charge < -0.3 is 20.2 Å². The number of benzene rings is 3. The molecule has 1 saturated heterocycles. The third-order valence-electron chi connectivity index (χ3n) is 11.2. The van der Waals surface area contributed by atoms with Crippen molar-refractivity contribution >= 4 is 32.9 Å². The van der Waals surface area contributed by atoms with E-state index in [9.17, 15) is 28.0 Å². The van der Waals surface area contributed by atoms with E-state index in [1.54, 1.807) is 28.1 Å². The Labute approximate surface area is 324 Å². The monoisotopic (exact) mass is 768 g/mol. The fourth-order valence-electron chi connectivity index (χ4n) is 7.86. The summed E-state index contributed by atoms with van der Waals surface area (Å²) in [7, 11) is -4.06. The quantitative estimate of drug-likeness (QED) is 0.116. The topological polar surface area (TPSA) is 153 Å². The van der Waals surface area contributed by atoms with Gasteiger partial charge in [0.1, 0.15) is 12.6 Å². The van der Waals surface area contributed by atoms with Gasteiger partial charge in [-0.25, -0.2) is 13.2 Å². The van der Waals surface area contributed by atoms with Gasteiger partial charge in [-0.1, -0.05) is 99.0 Å². The molecule has 2 N–H and O–H groups in total. The number of fused-ring (bicyclic) bond motifs is 1. The number of pyridine rings is 1. The average Bonchev–Trinajstić information content (AvgIpc) is 3.84. The predicted molar refractivity (Wildman–Crippen MR) is 212 cm³/mol. The fraction of sp³-hybridized carbons (Fsp3) is 0.452. The van der Waals surface area contributed by atoms with Gasteiger partial charge in [0.15, 0.2) is 0 Å². The Hall–Kier alpha value is -4.72. The van der Waals surface area contributed by atoms with Crippen molar-refractivity contribution in [3.8, 4) is 0 Å². The van der Waals surface area contributed by atoms with Crippen molar-refractivity contribution in [3.05, 3.63) is 113 Å². The zero-order valence-electron chi connectivity index (χ0n) is 31.7. The number of aliphatic hydroxyl groups excluding tert-OH is 1. The number of hydrogen-bond donors (Lipinski definition) is 2. The van der Waals surface area contributed by atoms with Crippen LogP contribution in [0.3, 0.4) is 0 Å². The van der Waals surface area contributed by atoms with E-state index >= 15 is 0 Å². The number of carbonyl (C=O) groups is 2. The second kappa shape index (κ2) is 18.3. The molecule has 3 amide bonds. The number of aliphatic hydroxyl groups is 1. The third kappa shape index (κ3) is 9.75. The molecule has 292 valence electrons. The van der Waals surface area contributed by atoms with Gasteiger partial charge in [-0.2, -0.15) is 9.21 Å². The third-order valence-corrected chi connectivity index (χ3v) is 13.0. The summed E-state index contributed by atoms with van der Waals surface area (Å²) >= 11 is 0. The summed E-state index contributed by atoms with van der Waals surface area (Å²) in [5.74, 6) is -0.434.